The van der Waals surface area contributed by atoms with Gasteiger partial charge in [0.2, 0.25) is 15.9 Å². The first kappa shape index (κ1) is 36.9. The van der Waals surface area contributed by atoms with Crippen LogP contribution < -0.4 is 15.8 Å². The van der Waals surface area contributed by atoms with Crippen LogP contribution in [0.15, 0.2) is 29.2 Å². The summed E-state index contributed by atoms with van der Waals surface area (Å²) in [6.07, 6.45) is 3.24. The maximum absolute atomic E-state index is 12.1. The summed E-state index contributed by atoms with van der Waals surface area (Å²) in [7, 11) is -0.495. The minimum absolute atomic E-state index is 0.0239. The lowest BCUT2D eigenvalue weighted by Gasteiger charge is -2.14. The van der Waals surface area contributed by atoms with E-state index < -0.39 is 15.9 Å². The number of nitrogens with two attached hydrogens (primary N) is 1. The first-order valence-electron chi connectivity index (χ1n) is 13.7. The Labute approximate surface area is 243 Å². The van der Waals surface area contributed by atoms with Crippen LogP contribution in [0, 0.1) is 5.92 Å². The van der Waals surface area contributed by atoms with Crippen LogP contribution in [-0.2, 0) is 43.2 Å². The van der Waals surface area contributed by atoms with Crippen molar-refractivity contribution in [3.8, 4) is 0 Å². The topological polar surface area (TPSA) is 174 Å². The molecule has 2 amide bonds. The van der Waals surface area contributed by atoms with Crippen molar-refractivity contribution in [2.24, 2.45) is 11.1 Å². The maximum atomic E-state index is 12.1. The average Bonchev–Trinajstić information content (AvgIpc) is 2.94. The highest BCUT2D eigenvalue weighted by Crippen LogP contribution is 2.10. The van der Waals surface area contributed by atoms with Crippen LogP contribution >= 0.6 is 0 Å². The second kappa shape index (κ2) is 23.4. The fraction of sp³-hybridized carbons (Fsp3) is 0.704. The highest BCUT2D eigenvalue weighted by molar-refractivity contribution is 7.89. The van der Waals surface area contributed by atoms with Crippen molar-refractivity contribution in [3.63, 3.8) is 0 Å². The number of methoxy groups -OCH3 is 2. The largest absolute Gasteiger partial charge is 0.384 e. The van der Waals surface area contributed by atoms with Crippen LogP contribution in [0.25, 0.3) is 0 Å². The van der Waals surface area contributed by atoms with E-state index in [1.807, 2.05) is 0 Å². The van der Waals surface area contributed by atoms with E-state index in [9.17, 15) is 18.0 Å². The van der Waals surface area contributed by atoms with Crippen molar-refractivity contribution in [3.05, 3.63) is 29.8 Å². The second-order valence-corrected chi connectivity index (χ2v) is 10.7. The lowest BCUT2D eigenvalue weighted by atomic mass is 10.0. The van der Waals surface area contributed by atoms with Crippen LogP contribution in [0.2, 0.25) is 0 Å². The molecule has 0 fully saturated rings. The molecule has 0 heterocycles. The number of rotatable bonds is 26. The molecule has 4 N–H and O–H groups in total. The van der Waals surface area contributed by atoms with Gasteiger partial charge in [0, 0.05) is 45.2 Å². The molecule has 236 valence electrons. The van der Waals surface area contributed by atoms with E-state index in [1.165, 1.54) is 24.3 Å². The lowest BCUT2D eigenvalue weighted by Crippen LogP contribution is -2.28. The smallest absolute Gasteiger partial charge is 0.251 e. The second-order valence-electron chi connectivity index (χ2n) is 9.15. The van der Waals surface area contributed by atoms with Crippen LogP contribution in [0.5, 0.6) is 0 Å². The van der Waals surface area contributed by atoms with Crippen molar-refractivity contribution in [2.75, 3.05) is 93.4 Å². The van der Waals surface area contributed by atoms with Crippen molar-refractivity contribution in [1.29, 1.82) is 0 Å². The Morgan fingerprint density at radius 3 is 1.98 bits per heavy atom. The Morgan fingerprint density at radius 2 is 1.39 bits per heavy atom. The molecule has 14 heteroatoms. The molecule has 0 bridgehead atoms. The van der Waals surface area contributed by atoms with Gasteiger partial charge in [-0.15, -0.1) is 0 Å². The van der Waals surface area contributed by atoms with E-state index in [1.54, 1.807) is 14.2 Å². The molecule has 0 aromatic heterocycles. The van der Waals surface area contributed by atoms with Crippen LogP contribution in [0.3, 0.4) is 0 Å². The van der Waals surface area contributed by atoms with Crippen molar-refractivity contribution in [2.45, 2.75) is 30.6 Å². The third-order valence-electron chi connectivity index (χ3n) is 5.71. The third-order valence-corrected chi connectivity index (χ3v) is 6.62. The maximum Gasteiger partial charge on any atom is 0.251 e. The van der Waals surface area contributed by atoms with Gasteiger partial charge in [-0.2, -0.15) is 0 Å². The molecule has 1 rings (SSSR count). The minimum atomic E-state index is -3.87. The lowest BCUT2D eigenvalue weighted by molar-refractivity contribution is -0.122. The molecule has 0 spiro atoms. The molecule has 41 heavy (non-hydrogen) atoms. The summed E-state index contributed by atoms with van der Waals surface area (Å²) < 4.78 is 54.8. The number of benzene rings is 1. The zero-order valence-corrected chi connectivity index (χ0v) is 25.1. The van der Waals surface area contributed by atoms with E-state index >= 15 is 0 Å². The Bertz CT molecular complexity index is 943. The van der Waals surface area contributed by atoms with Gasteiger partial charge in [-0.3, -0.25) is 9.59 Å². The SMILES string of the molecule is COCC(CCCCNC(=O)CCOCCOCCOCCOCCNC(=O)c1cccc(S(N)(=O)=O)c1)COC. The highest BCUT2D eigenvalue weighted by Gasteiger charge is 2.12. The van der Waals surface area contributed by atoms with E-state index in [-0.39, 0.29) is 29.5 Å². The standard InChI is InChI=1S/C27H47N3O10S/c1-35-21-23(22-36-2)6-3-4-10-29-26(31)9-12-37-14-16-39-18-19-40-17-15-38-13-11-30-27(32)24-7-5-8-25(20-24)41(28,33)34/h5,7-8,20,23H,3-4,6,9-19,21-22H2,1-2H3,(H,29,31)(H,30,32)(H2,28,33,34). The summed E-state index contributed by atoms with van der Waals surface area (Å²) >= 11 is 0. The van der Waals surface area contributed by atoms with Crippen molar-refractivity contribution >= 4 is 21.8 Å². The molecule has 0 aliphatic heterocycles. The molecule has 1 aromatic carbocycles. The number of sulfonamides is 1. The van der Waals surface area contributed by atoms with Gasteiger partial charge in [0.1, 0.15) is 0 Å². The number of hydrogen-bond donors (Lipinski definition) is 3. The van der Waals surface area contributed by atoms with Gasteiger partial charge in [-0.25, -0.2) is 13.6 Å². The number of primary sulfonamides is 1. The third kappa shape index (κ3) is 19.6. The van der Waals surface area contributed by atoms with Crippen molar-refractivity contribution in [1.82, 2.24) is 10.6 Å². The molecule has 13 nitrogen and oxygen atoms in total. The number of unbranched alkanes of at least 4 members (excludes halogenated alkanes) is 1. The Hall–Kier alpha value is -2.17. The molecule has 0 saturated heterocycles. The van der Waals surface area contributed by atoms with E-state index in [4.69, 9.17) is 33.6 Å². The molecular formula is C27H47N3O10S. The molecule has 0 unspecified atom stereocenters. The number of ether oxygens (including phenoxy) is 6. The minimum Gasteiger partial charge on any atom is -0.384 e. The molecule has 1 aromatic rings. The van der Waals surface area contributed by atoms with Gasteiger partial charge in [0.25, 0.3) is 5.91 Å². The van der Waals surface area contributed by atoms with E-state index in [0.717, 1.165) is 19.3 Å². The number of nitrogens with one attached hydrogen (secondary N) is 2. The predicted molar refractivity (Wildman–Crippen MR) is 152 cm³/mol. The Morgan fingerprint density at radius 1 is 0.805 bits per heavy atom. The molecule has 0 radical (unpaired) electrons. The first-order chi connectivity index (χ1) is 19.8. The molecule has 0 aliphatic carbocycles. The van der Waals surface area contributed by atoms with Crippen LogP contribution in [-0.4, -0.2) is 114 Å². The van der Waals surface area contributed by atoms with E-state index in [2.05, 4.69) is 10.6 Å². The fourth-order valence-corrected chi connectivity index (χ4v) is 4.20. The van der Waals surface area contributed by atoms with Gasteiger partial charge in [0.15, 0.2) is 0 Å². The molecule has 0 atom stereocenters. The number of carbonyl (C=O) groups excluding carboxylic acids is 2. The van der Waals surface area contributed by atoms with Crippen molar-refractivity contribution < 1.29 is 46.4 Å². The van der Waals surface area contributed by atoms with Crippen LogP contribution in [0.1, 0.15) is 36.0 Å². The zero-order valence-electron chi connectivity index (χ0n) is 24.3. The zero-order chi connectivity index (χ0) is 30.2. The summed E-state index contributed by atoms with van der Waals surface area (Å²) in [5.74, 6) is -0.0583. The molecular weight excluding hydrogens is 558 g/mol. The summed E-state index contributed by atoms with van der Waals surface area (Å²) in [4.78, 5) is 23.8. The van der Waals surface area contributed by atoms with Crippen LogP contribution in [0.4, 0.5) is 0 Å². The molecule has 0 aliphatic rings. The monoisotopic (exact) mass is 605 g/mol. The molecule has 0 saturated carbocycles. The summed E-state index contributed by atoms with van der Waals surface area (Å²) in [6.45, 7) is 5.24. The Kier molecular flexibility index (Phi) is 21.0. The predicted octanol–water partition coefficient (Wildman–Crippen LogP) is 0.716. The van der Waals surface area contributed by atoms with Gasteiger partial charge in [-0.1, -0.05) is 12.5 Å². The van der Waals surface area contributed by atoms with E-state index in [0.29, 0.717) is 78.3 Å². The summed E-state index contributed by atoms with van der Waals surface area (Å²) in [5.41, 5.74) is 0.198. The number of carbonyl (C=O) groups is 2. The summed E-state index contributed by atoms with van der Waals surface area (Å²) in [6, 6.07) is 5.50. The van der Waals surface area contributed by atoms with Gasteiger partial charge >= 0.3 is 0 Å². The van der Waals surface area contributed by atoms with Gasteiger partial charge < -0.3 is 39.1 Å². The quantitative estimate of drug-likeness (QED) is 0.128. The fourth-order valence-electron chi connectivity index (χ4n) is 3.64. The number of hydrogen-bond acceptors (Lipinski definition) is 10. The highest BCUT2D eigenvalue weighted by atomic mass is 32.2. The van der Waals surface area contributed by atoms with Gasteiger partial charge in [-0.05, 0) is 31.0 Å². The summed E-state index contributed by atoms with van der Waals surface area (Å²) in [5, 5.41) is 10.6. The normalized spacial score (nSPS) is 11.6. The van der Waals surface area contributed by atoms with Gasteiger partial charge in [0.05, 0.1) is 71.0 Å². The number of amides is 2. The Balaban J connectivity index is 1.87. The first-order valence-corrected chi connectivity index (χ1v) is 15.3. The average molecular weight is 606 g/mol.